The largest absolute Gasteiger partial charge is 0.497 e. The van der Waals surface area contributed by atoms with Gasteiger partial charge in [-0.3, -0.25) is 40.9 Å². The molecule has 0 heterocycles. The second-order valence-electron chi connectivity index (χ2n) is 7.92. The van der Waals surface area contributed by atoms with Crippen LogP contribution in [0.5, 0.6) is 11.5 Å². The minimum Gasteiger partial charge on any atom is -0.497 e. The van der Waals surface area contributed by atoms with Gasteiger partial charge in [0.2, 0.25) is 0 Å². The Labute approximate surface area is 197 Å². The summed E-state index contributed by atoms with van der Waals surface area (Å²) in [6.07, 6.45) is 2.81. The zero-order valence-corrected chi connectivity index (χ0v) is 19.1. The standard InChI is InChI=1S/C24H28N4O6/c1-33-18-10-6-16(7-11-18)20(29)25-27-22(31)24(14-4-3-5-15-24)23(32)28-26-21(30)17-8-12-19(34-2)13-9-17/h6-13H,3-5,14-15H2,1-2H3,(H,25,29)(H,26,30)(H,27,31)(H,28,32). The zero-order chi connectivity index (χ0) is 24.6. The third-order valence-corrected chi connectivity index (χ3v) is 5.86. The summed E-state index contributed by atoms with van der Waals surface area (Å²) in [5.74, 6) is -1.15. The van der Waals surface area contributed by atoms with E-state index < -0.39 is 29.0 Å². The van der Waals surface area contributed by atoms with E-state index in [9.17, 15) is 19.2 Å². The average molecular weight is 469 g/mol. The molecule has 1 aliphatic carbocycles. The predicted octanol–water partition coefficient (Wildman–Crippen LogP) is 1.88. The molecule has 0 saturated heterocycles. The van der Waals surface area contributed by atoms with E-state index in [1.165, 1.54) is 14.2 Å². The van der Waals surface area contributed by atoms with Crippen LogP contribution in [0.3, 0.4) is 0 Å². The lowest BCUT2D eigenvalue weighted by Gasteiger charge is -2.34. The molecule has 10 heteroatoms. The summed E-state index contributed by atoms with van der Waals surface area (Å²) in [6, 6.07) is 12.7. The number of carbonyl (C=O) groups is 4. The number of ether oxygens (including phenoxy) is 2. The molecule has 2 aromatic rings. The van der Waals surface area contributed by atoms with Crippen LogP contribution in [0, 0.1) is 5.41 Å². The van der Waals surface area contributed by atoms with Gasteiger partial charge in [-0.1, -0.05) is 19.3 Å². The third-order valence-electron chi connectivity index (χ3n) is 5.86. The van der Waals surface area contributed by atoms with Gasteiger partial charge in [0.25, 0.3) is 23.6 Å². The van der Waals surface area contributed by atoms with Gasteiger partial charge < -0.3 is 9.47 Å². The second kappa shape index (κ2) is 11.2. The number of rotatable bonds is 6. The van der Waals surface area contributed by atoms with Gasteiger partial charge in [-0.05, 0) is 61.4 Å². The zero-order valence-electron chi connectivity index (χ0n) is 19.1. The molecule has 1 fully saturated rings. The Kier molecular flexibility index (Phi) is 8.07. The lowest BCUT2D eigenvalue weighted by atomic mass is 9.73. The molecule has 10 nitrogen and oxygen atoms in total. The van der Waals surface area contributed by atoms with Crippen molar-refractivity contribution in [3.63, 3.8) is 0 Å². The Morgan fingerprint density at radius 3 is 1.35 bits per heavy atom. The maximum absolute atomic E-state index is 13.0. The first-order valence-electron chi connectivity index (χ1n) is 10.9. The fourth-order valence-corrected chi connectivity index (χ4v) is 3.81. The Hall–Kier alpha value is -4.08. The Morgan fingerprint density at radius 1 is 0.618 bits per heavy atom. The fraction of sp³-hybridized carbons (Fsp3) is 0.333. The van der Waals surface area contributed by atoms with Crippen LogP contribution in [0.25, 0.3) is 0 Å². The summed E-state index contributed by atoms with van der Waals surface area (Å²) in [5.41, 5.74) is 8.68. The highest BCUT2D eigenvalue weighted by atomic mass is 16.5. The first-order valence-corrected chi connectivity index (χ1v) is 10.9. The molecule has 0 unspecified atom stereocenters. The van der Waals surface area contributed by atoms with Crippen molar-refractivity contribution in [1.29, 1.82) is 0 Å². The van der Waals surface area contributed by atoms with Crippen LogP contribution in [0.4, 0.5) is 0 Å². The highest BCUT2D eigenvalue weighted by Gasteiger charge is 2.47. The lowest BCUT2D eigenvalue weighted by Crippen LogP contribution is -2.58. The Morgan fingerprint density at radius 2 is 1.00 bits per heavy atom. The minimum absolute atomic E-state index is 0.293. The highest BCUT2D eigenvalue weighted by Crippen LogP contribution is 2.36. The average Bonchev–Trinajstić information content (AvgIpc) is 2.90. The van der Waals surface area contributed by atoms with Gasteiger partial charge in [0.15, 0.2) is 0 Å². The van der Waals surface area contributed by atoms with Crippen molar-refractivity contribution < 1.29 is 28.7 Å². The van der Waals surface area contributed by atoms with Crippen LogP contribution in [-0.4, -0.2) is 37.8 Å². The monoisotopic (exact) mass is 468 g/mol. The quantitative estimate of drug-likeness (QED) is 0.378. The molecule has 2 aromatic carbocycles. The van der Waals surface area contributed by atoms with E-state index >= 15 is 0 Å². The first-order chi connectivity index (χ1) is 16.4. The molecule has 4 N–H and O–H groups in total. The molecule has 4 amide bonds. The number of benzene rings is 2. The van der Waals surface area contributed by atoms with Crippen molar-refractivity contribution in [1.82, 2.24) is 21.7 Å². The number of carbonyl (C=O) groups excluding carboxylic acids is 4. The van der Waals surface area contributed by atoms with E-state index in [1.807, 2.05) is 0 Å². The molecule has 0 aliphatic heterocycles. The van der Waals surface area contributed by atoms with Gasteiger partial charge in [0, 0.05) is 11.1 Å². The molecule has 0 radical (unpaired) electrons. The van der Waals surface area contributed by atoms with Crippen molar-refractivity contribution in [2.75, 3.05) is 14.2 Å². The maximum atomic E-state index is 13.0. The predicted molar refractivity (Wildman–Crippen MR) is 123 cm³/mol. The topological polar surface area (TPSA) is 135 Å². The fourth-order valence-electron chi connectivity index (χ4n) is 3.81. The van der Waals surface area contributed by atoms with E-state index in [0.717, 1.165) is 6.42 Å². The summed E-state index contributed by atoms with van der Waals surface area (Å²) in [6.45, 7) is 0. The number of amides is 4. The number of hydrogen-bond donors (Lipinski definition) is 4. The molecule has 0 bridgehead atoms. The smallest absolute Gasteiger partial charge is 0.269 e. The molecule has 34 heavy (non-hydrogen) atoms. The van der Waals surface area contributed by atoms with Gasteiger partial charge in [0.05, 0.1) is 14.2 Å². The van der Waals surface area contributed by atoms with Gasteiger partial charge in [-0.15, -0.1) is 0 Å². The second-order valence-corrected chi connectivity index (χ2v) is 7.92. The normalized spacial score (nSPS) is 14.3. The van der Waals surface area contributed by atoms with Crippen LogP contribution in [0.2, 0.25) is 0 Å². The van der Waals surface area contributed by atoms with E-state index in [4.69, 9.17) is 9.47 Å². The Balaban J connectivity index is 1.62. The SMILES string of the molecule is COc1ccc(C(=O)NNC(=O)C2(C(=O)NNC(=O)c3ccc(OC)cc3)CCCCC2)cc1. The molecule has 3 rings (SSSR count). The van der Waals surface area contributed by atoms with E-state index in [2.05, 4.69) is 21.7 Å². The third kappa shape index (κ3) is 5.64. The molecule has 180 valence electrons. The molecule has 0 aromatic heterocycles. The van der Waals surface area contributed by atoms with Gasteiger partial charge in [-0.2, -0.15) is 0 Å². The van der Waals surface area contributed by atoms with Crippen LogP contribution >= 0.6 is 0 Å². The summed E-state index contributed by atoms with van der Waals surface area (Å²) in [5, 5.41) is 0. The highest BCUT2D eigenvalue weighted by molar-refractivity contribution is 6.07. The number of hydrazine groups is 2. The van der Waals surface area contributed by atoms with Crippen LogP contribution in [0.1, 0.15) is 52.8 Å². The van der Waals surface area contributed by atoms with Gasteiger partial charge in [-0.25, -0.2) is 0 Å². The number of nitrogens with one attached hydrogen (secondary N) is 4. The Bertz CT molecular complexity index is 953. The van der Waals surface area contributed by atoms with Crippen molar-refractivity contribution in [3.8, 4) is 11.5 Å². The summed E-state index contributed by atoms with van der Waals surface area (Å²) >= 11 is 0. The lowest BCUT2D eigenvalue weighted by molar-refractivity contribution is -0.147. The van der Waals surface area contributed by atoms with Gasteiger partial charge in [0.1, 0.15) is 16.9 Å². The van der Waals surface area contributed by atoms with Crippen molar-refractivity contribution in [2.24, 2.45) is 5.41 Å². The molecule has 0 atom stereocenters. The van der Waals surface area contributed by atoms with Crippen LogP contribution in [0.15, 0.2) is 48.5 Å². The molecule has 1 aliphatic rings. The van der Waals surface area contributed by atoms with Crippen molar-refractivity contribution in [3.05, 3.63) is 59.7 Å². The number of hydrogen-bond acceptors (Lipinski definition) is 6. The first kappa shape index (κ1) is 24.6. The minimum atomic E-state index is -1.42. The molecular formula is C24H28N4O6. The van der Waals surface area contributed by atoms with Crippen molar-refractivity contribution >= 4 is 23.6 Å². The summed E-state index contributed by atoms with van der Waals surface area (Å²) < 4.78 is 10.1. The van der Waals surface area contributed by atoms with Crippen molar-refractivity contribution in [2.45, 2.75) is 32.1 Å². The van der Waals surface area contributed by atoms with Crippen LogP contribution < -0.4 is 31.2 Å². The maximum Gasteiger partial charge on any atom is 0.269 e. The number of methoxy groups -OCH3 is 2. The molecule has 1 saturated carbocycles. The van der Waals surface area contributed by atoms with E-state index in [-0.39, 0.29) is 0 Å². The summed E-state index contributed by atoms with van der Waals surface area (Å²) in [4.78, 5) is 50.9. The van der Waals surface area contributed by atoms with Crippen LogP contribution in [-0.2, 0) is 9.59 Å². The summed E-state index contributed by atoms with van der Waals surface area (Å²) in [7, 11) is 3.03. The molecule has 0 spiro atoms. The van der Waals surface area contributed by atoms with E-state index in [0.29, 0.717) is 48.3 Å². The molecular weight excluding hydrogens is 440 g/mol. The van der Waals surface area contributed by atoms with E-state index in [1.54, 1.807) is 48.5 Å². The van der Waals surface area contributed by atoms with Gasteiger partial charge >= 0.3 is 0 Å².